The van der Waals surface area contributed by atoms with E-state index in [9.17, 15) is 9.59 Å². The Hall–Kier alpha value is -2.44. The molecule has 0 unspecified atom stereocenters. The van der Waals surface area contributed by atoms with Gasteiger partial charge in [-0.1, -0.05) is 6.07 Å². The summed E-state index contributed by atoms with van der Waals surface area (Å²) in [6, 6.07) is 5.59. The molecule has 22 heavy (non-hydrogen) atoms. The van der Waals surface area contributed by atoms with Crippen LogP contribution in [0.5, 0.6) is 0 Å². The van der Waals surface area contributed by atoms with Crippen LogP contribution in [0, 0.1) is 0 Å². The summed E-state index contributed by atoms with van der Waals surface area (Å²) in [4.78, 5) is 25.0. The Bertz CT molecular complexity index is 570. The number of rotatable bonds is 3. The first-order valence-corrected chi connectivity index (χ1v) is 7.10. The molecule has 0 aromatic carbocycles. The number of carbonyl (C=O) groups is 2. The summed E-state index contributed by atoms with van der Waals surface area (Å²) in [6.07, 6.45) is 3.25. The first-order chi connectivity index (χ1) is 10.3. The molecule has 118 valence electrons. The van der Waals surface area contributed by atoms with Gasteiger partial charge in [0.25, 0.3) is 0 Å². The Morgan fingerprint density at radius 3 is 2.50 bits per heavy atom. The van der Waals surface area contributed by atoms with Crippen LogP contribution in [-0.2, 0) is 16.1 Å². The maximum atomic E-state index is 11.7. The molecule has 2 amide bonds. The number of likely N-dealkylation sites (tertiary alicyclic amines) is 1. The van der Waals surface area contributed by atoms with Crippen molar-refractivity contribution in [3.63, 3.8) is 0 Å². The molecule has 0 saturated carbocycles. The van der Waals surface area contributed by atoms with Crippen molar-refractivity contribution in [1.82, 2.24) is 10.3 Å². The van der Waals surface area contributed by atoms with Crippen molar-refractivity contribution in [3.05, 3.63) is 30.6 Å². The molecule has 1 saturated heterocycles. The normalized spacial score (nSPS) is 14.1. The lowest BCUT2D eigenvalue weighted by Crippen LogP contribution is -2.53. The minimum absolute atomic E-state index is 0.202. The van der Waals surface area contributed by atoms with Crippen molar-refractivity contribution in [2.24, 2.45) is 5.10 Å². The molecule has 1 aromatic heterocycles. The fourth-order valence-electron chi connectivity index (χ4n) is 1.80. The third-order valence-corrected chi connectivity index (χ3v) is 2.84. The fourth-order valence-corrected chi connectivity index (χ4v) is 1.80. The van der Waals surface area contributed by atoms with Crippen LogP contribution in [0.1, 0.15) is 20.8 Å². The van der Waals surface area contributed by atoms with Crippen molar-refractivity contribution >= 4 is 17.7 Å². The van der Waals surface area contributed by atoms with Crippen LogP contribution in [0.2, 0.25) is 0 Å². The molecule has 0 atom stereocenters. The lowest BCUT2D eigenvalue weighted by molar-refractivity contribution is -0.684. The number of nitrogens with one attached hydrogen (secondary N) is 1. The number of hydrogen-bond acceptors (Lipinski definition) is 4. The number of carbonyl (C=O) groups excluding carboxylic acids is 2. The van der Waals surface area contributed by atoms with Crippen molar-refractivity contribution in [3.8, 4) is 0 Å². The Labute approximate surface area is 129 Å². The minimum Gasteiger partial charge on any atom is -0.444 e. The highest BCUT2D eigenvalue weighted by atomic mass is 16.6. The third kappa shape index (κ3) is 4.83. The third-order valence-electron chi connectivity index (χ3n) is 2.84. The fraction of sp³-hybridized carbons (Fsp3) is 0.467. The zero-order valence-electron chi connectivity index (χ0n) is 13.1. The molecule has 0 spiro atoms. The molecule has 0 radical (unpaired) electrons. The Morgan fingerprint density at radius 2 is 1.91 bits per heavy atom. The predicted molar refractivity (Wildman–Crippen MR) is 80.0 cm³/mol. The molecule has 2 rings (SSSR count). The van der Waals surface area contributed by atoms with E-state index in [2.05, 4.69) is 10.5 Å². The van der Waals surface area contributed by atoms with E-state index in [1.807, 2.05) is 39.0 Å². The van der Waals surface area contributed by atoms with Crippen LogP contribution in [-0.4, -0.2) is 41.3 Å². The van der Waals surface area contributed by atoms with Gasteiger partial charge in [-0.25, -0.2) is 10.2 Å². The highest BCUT2D eigenvalue weighted by molar-refractivity contribution is 5.98. The maximum absolute atomic E-state index is 11.7. The van der Waals surface area contributed by atoms with Gasteiger partial charge in [0.05, 0.1) is 18.8 Å². The zero-order chi connectivity index (χ0) is 16.2. The number of hydrogen-bond donors (Lipinski definition) is 1. The molecule has 2 heterocycles. The highest BCUT2D eigenvalue weighted by Gasteiger charge is 2.30. The number of amides is 2. The zero-order valence-corrected chi connectivity index (χ0v) is 13.1. The summed E-state index contributed by atoms with van der Waals surface area (Å²) in [5.41, 5.74) is 2.73. The summed E-state index contributed by atoms with van der Waals surface area (Å²) in [5.74, 6) is -0.209. The van der Waals surface area contributed by atoms with Crippen LogP contribution < -0.4 is 9.99 Å². The van der Waals surface area contributed by atoms with Gasteiger partial charge in [-0.05, 0) is 20.8 Å². The van der Waals surface area contributed by atoms with E-state index in [1.165, 1.54) is 4.90 Å². The predicted octanol–water partition coefficient (Wildman–Crippen LogP) is 0.697. The minimum atomic E-state index is -0.509. The molecule has 1 N–H and O–H groups in total. The summed E-state index contributed by atoms with van der Waals surface area (Å²) < 4.78 is 6.99. The molecule has 7 heteroatoms. The monoisotopic (exact) mass is 305 g/mol. The summed E-state index contributed by atoms with van der Waals surface area (Å²) in [7, 11) is 0. The van der Waals surface area contributed by atoms with Crippen LogP contribution in [0.25, 0.3) is 0 Å². The maximum Gasteiger partial charge on any atom is 0.410 e. The van der Waals surface area contributed by atoms with Gasteiger partial charge >= 0.3 is 12.0 Å². The van der Waals surface area contributed by atoms with Gasteiger partial charge in [0.1, 0.15) is 5.60 Å². The standard InChI is InChI=1S/C15H20N4O3/c1-15(2,3)22-14(21)19-9-12(10-19)16-17-13(20)11-18-7-5-4-6-8-18/h4-8H,9-11H2,1-3H3/p+1. The van der Waals surface area contributed by atoms with Gasteiger partial charge in [-0.2, -0.15) is 9.67 Å². The quantitative estimate of drug-likeness (QED) is 0.660. The lowest BCUT2D eigenvalue weighted by atomic mass is 10.2. The van der Waals surface area contributed by atoms with Gasteiger partial charge < -0.3 is 4.74 Å². The van der Waals surface area contributed by atoms with E-state index in [0.29, 0.717) is 13.1 Å². The first-order valence-electron chi connectivity index (χ1n) is 7.10. The van der Waals surface area contributed by atoms with Gasteiger partial charge in [-0.3, -0.25) is 9.69 Å². The summed E-state index contributed by atoms with van der Waals surface area (Å²) in [6.45, 7) is 6.43. The molecular formula is C15H21N4O3+. The van der Waals surface area contributed by atoms with Crippen molar-refractivity contribution in [2.45, 2.75) is 32.9 Å². The van der Waals surface area contributed by atoms with E-state index in [4.69, 9.17) is 4.74 Å². The van der Waals surface area contributed by atoms with Gasteiger partial charge in [0.2, 0.25) is 6.54 Å². The molecule has 1 aromatic rings. The van der Waals surface area contributed by atoms with Crippen LogP contribution >= 0.6 is 0 Å². The SMILES string of the molecule is CC(C)(C)OC(=O)N1CC(=NNC(=O)C[n+]2ccccc2)C1. The van der Waals surface area contributed by atoms with E-state index in [1.54, 1.807) is 17.0 Å². The number of hydrazone groups is 1. The molecule has 0 bridgehead atoms. The van der Waals surface area contributed by atoms with Gasteiger partial charge in [0, 0.05) is 12.1 Å². The summed E-state index contributed by atoms with van der Waals surface area (Å²) in [5, 5.41) is 4.01. The molecular weight excluding hydrogens is 284 g/mol. The lowest BCUT2D eigenvalue weighted by Gasteiger charge is -2.34. The molecule has 1 fully saturated rings. The van der Waals surface area contributed by atoms with Crippen LogP contribution in [0.3, 0.4) is 0 Å². The number of ether oxygens (including phenoxy) is 1. The number of aromatic nitrogens is 1. The van der Waals surface area contributed by atoms with Crippen molar-refractivity contribution in [2.75, 3.05) is 13.1 Å². The van der Waals surface area contributed by atoms with E-state index >= 15 is 0 Å². The number of pyridine rings is 1. The molecule has 0 aliphatic carbocycles. The van der Waals surface area contributed by atoms with Gasteiger partial charge in [0.15, 0.2) is 12.4 Å². The topological polar surface area (TPSA) is 74.9 Å². The first kappa shape index (κ1) is 15.9. The van der Waals surface area contributed by atoms with Crippen molar-refractivity contribution < 1.29 is 18.9 Å². The van der Waals surface area contributed by atoms with E-state index in [0.717, 1.165) is 5.71 Å². The Morgan fingerprint density at radius 1 is 1.27 bits per heavy atom. The second kappa shape index (κ2) is 6.55. The summed E-state index contributed by atoms with van der Waals surface area (Å²) >= 11 is 0. The second-order valence-corrected chi connectivity index (χ2v) is 6.10. The average Bonchev–Trinajstić information content (AvgIpc) is 2.35. The number of nitrogens with zero attached hydrogens (tertiary/aromatic N) is 3. The van der Waals surface area contributed by atoms with E-state index in [-0.39, 0.29) is 18.5 Å². The highest BCUT2D eigenvalue weighted by Crippen LogP contribution is 2.13. The Kier molecular flexibility index (Phi) is 4.75. The molecule has 7 nitrogen and oxygen atoms in total. The van der Waals surface area contributed by atoms with Crippen molar-refractivity contribution in [1.29, 1.82) is 0 Å². The van der Waals surface area contributed by atoms with E-state index < -0.39 is 5.60 Å². The second-order valence-electron chi connectivity index (χ2n) is 6.10. The Balaban J connectivity index is 1.73. The molecule has 1 aliphatic rings. The molecule has 1 aliphatic heterocycles. The largest absolute Gasteiger partial charge is 0.444 e. The van der Waals surface area contributed by atoms with Crippen LogP contribution in [0.4, 0.5) is 4.79 Å². The average molecular weight is 305 g/mol. The smallest absolute Gasteiger partial charge is 0.410 e. The van der Waals surface area contributed by atoms with Gasteiger partial charge in [-0.15, -0.1) is 0 Å². The van der Waals surface area contributed by atoms with Crippen LogP contribution in [0.15, 0.2) is 35.7 Å².